The van der Waals surface area contributed by atoms with Crippen molar-refractivity contribution in [2.75, 3.05) is 27.2 Å². The Labute approximate surface area is 178 Å². The predicted molar refractivity (Wildman–Crippen MR) is 119 cm³/mol. The minimum absolute atomic E-state index is 0.0301. The van der Waals surface area contributed by atoms with Gasteiger partial charge in [-0.2, -0.15) is 0 Å². The number of carbonyl (C=O) groups is 1. The van der Waals surface area contributed by atoms with Crippen LogP contribution < -0.4 is 10.6 Å². The van der Waals surface area contributed by atoms with Gasteiger partial charge in [0.1, 0.15) is 6.54 Å². The monoisotopic (exact) mass is 412 g/mol. The number of nitrogens with one attached hydrogen (secondary N) is 2. The lowest BCUT2D eigenvalue weighted by Crippen LogP contribution is -2.43. The quantitative estimate of drug-likeness (QED) is 0.537. The number of likely N-dealkylation sites (N-methyl/N-ethyl adjacent to an activating group) is 1. The predicted octanol–water partition coefficient (Wildman–Crippen LogP) is 3.76. The zero-order chi connectivity index (χ0) is 20.9. The minimum atomic E-state index is -0.0364. The van der Waals surface area contributed by atoms with Crippen LogP contribution in [0.15, 0.2) is 59.6 Å². The first-order chi connectivity index (χ1) is 13.9. The molecule has 1 fully saturated rings. The first-order valence-corrected chi connectivity index (χ1v) is 10.3. The van der Waals surface area contributed by atoms with E-state index in [4.69, 9.17) is 11.6 Å². The molecule has 2 aromatic rings. The average molecular weight is 413 g/mol. The highest BCUT2D eigenvalue weighted by molar-refractivity contribution is 6.31. The van der Waals surface area contributed by atoms with E-state index in [1.165, 1.54) is 5.56 Å². The Morgan fingerprint density at radius 3 is 2.41 bits per heavy atom. The Kier molecular flexibility index (Phi) is 6.80. The number of hydrogen-bond donors (Lipinski definition) is 2. The molecule has 0 saturated heterocycles. The molecule has 154 valence electrons. The van der Waals surface area contributed by atoms with Gasteiger partial charge in [-0.1, -0.05) is 60.1 Å². The van der Waals surface area contributed by atoms with Crippen molar-refractivity contribution >= 4 is 23.5 Å². The largest absolute Gasteiger partial charge is 0.355 e. The van der Waals surface area contributed by atoms with Crippen LogP contribution >= 0.6 is 11.6 Å². The molecule has 1 amide bonds. The summed E-state index contributed by atoms with van der Waals surface area (Å²) in [4.78, 5) is 18.1. The molecular weight excluding hydrogens is 384 g/mol. The third-order valence-corrected chi connectivity index (χ3v) is 5.75. The smallest absolute Gasteiger partial charge is 0.243 e. The number of aliphatic imine (C=N–C) groups is 1. The molecule has 0 heterocycles. The van der Waals surface area contributed by atoms with E-state index in [0.29, 0.717) is 5.96 Å². The van der Waals surface area contributed by atoms with Gasteiger partial charge in [-0.15, -0.1) is 0 Å². The van der Waals surface area contributed by atoms with Crippen molar-refractivity contribution in [1.82, 2.24) is 15.5 Å². The molecule has 2 aromatic carbocycles. The van der Waals surface area contributed by atoms with E-state index in [1.807, 2.05) is 36.4 Å². The summed E-state index contributed by atoms with van der Waals surface area (Å²) in [6.45, 7) is 2.91. The molecule has 29 heavy (non-hydrogen) atoms. The van der Waals surface area contributed by atoms with Crippen LogP contribution in [0.5, 0.6) is 0 Å². The molecule has 5 nitrogen and oxygen atoms in total. The van der Waals surface area contributed by atoms with E-state index in [9.17, 15) is 4.79 Å². The maximum Gasteiger partial charge on any atom is 0.243 e. The highest BCUT2D eigenvalue weighted by Gasteiger charge is 2.45. The fourth-order valence-corrected chi connectivity index (χ4v) is 3.64. The van der Waals surface area contributed by atoms with Gasteiger partial charge in [0.05, 0.1) is 6.04 Å². The second kappa shape index (κ2) is 9.31. The molecule has 1 unspecified atom stereocenters. The molecule has 0 radical (unpaired) electrons. The number of halogens is 1. The maximum absolute atomic E-state index is 12.0. The topological polar surface area (TPSA) is 56.7 Å². The number of amides is 1. The van der Waals surface area contributed by atoms with Crippen LogP contribution in [0.4, 0.5) is 0 Å². The van der Waals surface area contributed by atoms with Crippen LogP contribution in [-0.2, 0) is 10.2 Å². The number of carbonyl (C=O) groups excluding carboxylic acids is 1. The second-order valence-electron chi connectivity index (χ2n) is 7.84. The summed E-state index contributed by atoms with van der Waals surface area (Å²) in [5.74, 6) is 0.598. The van der Waals surface area contributed by atoms with Gasteiger partial charge in [0.2, 0.25) is 5.91 Å². The van der Waals surface area contributed by atoms with E-state index >= 15 is 0 Å². The number of hydrogen-bond acceptors (Lipinski definition) is 2. The summed E-state index contributed by atoms with van der Waals surface area (Å²) in [5, 5.41) is 7.69. The fourth-order valence-electron chi connectivity index (χ4n) is 3.31. The number of benzene rings is 2. The summed E-state index contributed by atoms with van der Waals surface area (Å²) in [7, 11) is 3.48. The molecule has 3 rings (SSSR count). The Bertz CT molecular complexity index is 862. The molecule has 0 bridgehead atoms. The molecule has 0 aliphatic heterocycles. The molecule has 0 aromatic heterocycles. The fraction of sp³-hybridized carbons (Fsp3) is 0.391. The highest BCUT2D eigenvalue weighted by atomic mass is 35.5. The lowest BCUT2D eigenvalue weighted by atomic mass is 9.96. The Morgan fingerprint density at radius 2 is 1.79 bits per heavy atom. The van der Waals surface area contributed by atoms with Crippen LogP contribution in [0.25, 0.3) is 0 Å². The third kappa shape index (κ3) is 5.51. The van der Waals surface area contributed by atoms with Gasteiger partial charge in [-0.05, 0) is 37.0 Å². The van der Waals surface area contributed by atoms with E-state index in [1.54, 1.807) is 19.0 Å². The van der Waals surface area contributed by atoms with Gasteiger partial charge >= 0.3 is 0 Å². The second-order valence-corrected chi connectivity index (χ2v) is 8.25. The normalized spacial score (nSPS) is 16.1. The van der Waals surface area contributed by atoms with E-state index in [-0.39, 0.29) is 23.9 Å². The first-order valence-electron chi connectivity index (χ1n) is 9.96. The minimum Gasteiger partial charge on any atom is -0.355 e. The Balaban J connectivity index is 1.72. The molecule has 1 aliphatic rings. The first kappa shape index (κ1) is 21.2. The summed E-state index contributed by atoms with van der Waals surface area (Å²) in [6, 6.07) is 18.3. The standard InChI is InChI=1S/C23H29ClN4O/c1-17(18-9-5-4-6-10-18)27-22(25-15-21(29)28(2)3)26-16-23(13-14-23)19-11-7-8-12-20(19)24/h4-12,17H,13-16H2,1-3H3,(H2,25,26,27). The number of rotatable bonds is 7. The lowest BCUT2D eigenvalue weighted by molar-refractivity contribution is -0.127. The SMILES string of the molecule is CC(NC(=NCC(=O)N(C)C)NCC1(c2ccccc2Cl)CC1)c1ccccc1. The van der Waals surface area contributed by atoms with Gasteiger partial charge in [0, 0.05) is 31.1 Å². The zero-order valence-corrected chi connectivity index (χ0v) is 18.0. The molecular formula is C23H29ClN4O. The van der Waals surface area contributed by atoms with Crippen molar-refractivity contribution in [3.63, 3.8) is 0 Å². The van der Waals surface area contributed by atoms with Crippen molar-refractivity contribution in [1.29, 1.82) is 0 Å². The van der Waals surface area contributed by atoms with Gasteiger partial charge in [0.15, 0.2) is 5.96 Å². The number of guanidine groups is 1. The van der Waals surface area contributed by atoms with E-state index in [0.717, 1.165) is 30.0 Å². The zero-order valence-electron chi connectivity index (χ0n) is 17.3. The van der Waals surface area contributed by atoms with Crippen LogP contribution in [0, 0.1) is 0 Å². The van der Waals surface area contributed by atoms with Crippen LogP contribution in [-0.4, -0.2) is 44.0 Å². The van der Waals surface area contributed by atoms with Crippen LogP contribution in [0.2, 0.25) is 5.02 Å². The molecule has 0 spiro atoms. The molecule has 2 N–H and O–H groups in total. The van der Waals surface area contributed by atoms with Gasteiger partial charge < -0.3 is 15.5 Å². The van der Waals surface area contributed by atoms with Gasteiger partial charge in [0.25, 0.3) is 0 Å². The summed E-state index contributed by atoms with van der Waals surface area (Å²) < 4.78 is 0. The summed E-state index contributed by atoms with van der Waals surface area (Å²) >= 11 is 6.44. The van der Waals surface area contributed by atoms with Gasteiger partial charge in [-0.25, -0.2) is 4.99 Å². The Hall–Kier alpha value is -2.53. The van der Waals surface area contributed by atoms with E-state index in [2.05, 4.69) is 40.7 Å². The van der Waals surface area contributed by atoms with Crippen molar-refractivity contribution in [3.8, 4) is 0 Å². The number of nitrogens with zero attached hydrogens (tertiary/aromatic N) is 2. The van der Waals surface area contributed by atoms with E-state index < -0.39 is 0 Å². The van der Waals surface area contributed by atoms with Crippen LogP contribution in [0.3, 0.4) is 0 Å². The van der Waals surface area contributed by atoms with Crippen molar-refractivity contribution in [2.24, 2.45) is 4.99 Å². The van der Waals surface area contributed by atoms with Crippen LogP contribution in [0.1, 0.15) is 36.9 Å². The Morgan fingerprint density at radius 1 is 1.14 bits per heavy atom. The summed E-state index contributed by atoms with van der Waals surface area (Å²) in [6.07, 6.45) is 2.17. The molecule has 1 saturated carbocycles. The lowest BCUT2D eigenvalue weighted by Gasteiger charge is -2.23. The highest BCUT2D eigenvalue weighted by Crippen LogP contribution is 2.49. The molecule has 1 aliphatic carbocycles. The van der Waals surface area contributed by atoms with Crippen molar-refractivity contribution in [2.45, 2.75) is 31.2 Å². The van der Waals surface area contributed by atoms with Gasteiger partial charge in [-0.3, -0.25) is 4.79 Å². The molecule has 1 atom stereocenters. The molecule has 6 heteroatoms. The average Bonchev–Trinajstić information content (AvgIpc) is 3.51. The van der Waals surface area contributed by atoms with Crippen molar-refractivity contribution in [3.05, 3.63) is 70.7 Å². The maximum atomic E-state index is 12.0. The summed E-state index contributed by atoms with van der Waals surface area (Å²) in [5.41, 5.74) is 2.37. The van der Waals surface area contributed by atoms with Crippen molar-refractivity contribution < 1.29 is 4.79 Å². The third-order valence-electron chi connectivity index (χ3n) is 5.42.